The maximum atomic E-state index is 11.6. The minimum atomic E-state index is -3.08. The number of sulfone groups is 1. The predicted octanol–water partition coefficient (Wildman–Crippen LogP) is 0.270. The van der Waals surface area contributed by atoms with Crippen molar-refractivity contribution in [1.29, 1.82) is 0 Å². The maximum absolute atomic E-state index is 11.6. The van der Waals surface area contributed by atoms with Crippen LogP contribution in [-0.4, -0.2) is 47.6 Å². The van der Waals surface area contributed by atoms with Crippen LogP contribution in [0.15, 0.2) is 16.6 Å². The number of hydrogen-bond acceptors (Lipinski definition) is 6. The van der Waals surface area contributed by atoms with Gasteiger partial charge in [0.2, 0.25) is 11.1 Å². The maximum Gasteiger partial charge on any atom is 0.220 e. The van der Waals surface area contributed by atoms with Gasteiger partial charge in [0.1, 0.15) is 5.82 Å². The number of carbonyl (C=O) groups excluding carboxylic acids is 1. The highest BCUT2D eigenvalue weighted by Crippen LogP contribution is 2.18. The number of allylic oxidation sites excluding steroid dienone is 1. The number of carbonyl (C=O) groups is 1. The normalized spacial score (nSPS) is 20.1. The van der Waals surface area contributed by atoms with Gasteiger partial charge in [-0.3, -0.25) is 9.89 Å². The number of aryl methyl sites for hydroxylation is 1. The SMILES string of the molecule is Cc1nc(SCCNC(=O)C[C@H]2C=CS(=O)(=O)C2)n[nH]1. The van der Waals surface area contributed by atoms with Crippen LogP contribution in [0.25, 0.3) is 0 Å². The second-order valence-corrected chi connectivity index (χ2v) is 7.52. The minimum Gasteiger partial charge on any atom is -0.355 e. The topological polar surface area (TPSA) is 105 Å². The average molecular weight is 316 g/mol. The van der Waals surface area contributed by atoms with Gasteiger partial charge in [0.15, 0.2) is 9.84 Å². The Morgan fingerprint density at radius 3 is 3.00 bits per heavy atom. The van der Waals surface area contributed by atoms with Gasteiger partial charge in [0, 0.05) is 30.0 Å². The van der Waals surface area contributed by atoms with Crippen molar-refractivity contribution in [2.75, 3.05) is 18.1 Å². The molecule has 0 saturated carbocycles. The molecule has 7 nitrogen and oxygen atoms in total. The summed E-state index contributed by atoms with van der Waals surface area (Å²) in [5, 5.41) is 11.3. The van der Waals surface area contributed by atoms with E-state index in [4.69, 9.17) is 0 Å². The van der Waals surface area contributed by atoms with E-state index < -0.39 is 9.84 Å². The fourth-order valence-corrected chi connectivity index (χ4v) is 3.89. The average Bonchev–Trinajstić information content (AvgIpc) is 2.91. The van der Waals surface area contributed by atoms with E-state index in [1.165, 1.54) is 17.2 Å². The van der Waals surface area contributed by atoms with Crippen LogP contribution in [0.2, 0.25) is 0 Å². The first-order chi connectivity index (χ1) is 9.44. The van der Waals surface area contributed by atoms with Gasteiger partial charge in [-0.1, -0.05) is 17.8 Å². The molecule has 0 fully saturated rings. The third-order valence-electron chi connectivity index (χ3n) is 2.68. The predicted molar refractivity (Wildman–Crippen MR) is 75.9 cm³/mol. The van der Waals surface area contributed by atoms with Crippen LogP contribution in [0.5, 0.6) is 0 Å². The van der Waals surface area contributed by atoms with Crippen molar-refractivity contribution in [2.45, 2.75) is 18.5 Å². The van der Waals surface area contributed by atoms with Gasteiger partial charge in [-0.2, -0.15) is 0 Å². The number of hydrogen-bond donors (Lipinski definition) is 2. The number of aromatic amines is 1. The number of nitrogens with one attached hydrogen (secondary N) is 2. The molecular weight excluding hydrogens is 300 g/mol. The lowest BCUT2D eigenvalue weighted by atomic mass is 10.1. The largest absolute Gasteiger partial charge is 0.355 e. The molecule has 1 amide bonds. The Balaban J connectivity index is 1.62. The number of thioether (sulfide) groups is 1. The van der Waals surface area contributed by atoms with Gasteiger partial charge in [-0.15, -0.1) is 5.10 Å². The highest BCUT2D eigenvalue weighted by molar-refractivity contribution is 7.99. The zero-order valence-corrected chi connectivity index (χ0v) is 12.6. The molecule has 2 rings (SSSR count). The standard InChI is InChI=1S/C11H16N4O3S2/c1-8-13-11(15-14-8)19-4-3-12-10(16)6-9-2-5-20(17,18)7-9/h2,5,9H,3-4,6-7H2,1H3,(H,12,16)(H,13,14,15)/t9-/m1/s1. The Kier molecular flexibility index (Phi) is 4.81. The van der Waals surface area contributed by atoms with Crippen LogP contribution in [-0.2, 0) is 14.6 Å². The van der Waals surface area contributed by atoms with Gasteiger partial charge >= 0.3 is 0 Å². The molecule has 2 N–H and O–H groups in total. The summed E-state index contributed by atoms with van der Waals surface area (Å²) < 4.78 is 22.4. The van der Waals surface area contributed by atoms with Gasteiger partial charge in [0.25, 0.3) is 0 Å². The monoisotopic (exact) mass is 316 g/mol. The summed E-state index contributed by atoms with van der Waals surface area (Å²) >= 11 is 1.45. The van der Waals surface area contributed by atoms with Crippen molar-refractivity contribution in [2.24, 2.45) is 5.92 Å². The van der Waals surface area contributed by atoms with Crippen molar-refractivity contribution in [1.82, 2.24) is 20.5 Å². The molecule has 110 valence electrons. The van der Waals surface area contributed by atoms with Crippen LogP contribution in [0, 0.1) is 12.8 Å². The summed E-state index contributed by atoms with van der Waals surface area (Å²) in [6.07, 6.45) is 1.79. The molecule has 0 radical (unpaired) electrons. The molecule has 0 aromatic carbocycles. The summed E-state index contributed by atoms with van der Waals surface area (Å²) in [6.45, 7) is 2.32. The number of aromatic nitrogens is 3. The molecule has 0 saturated heterocycles. The molecular formula is C11H16N4O3S2. The summed E-state index contributed by atoms with van der Waals surface area (Å²) in [5.74, 6) is 1.12. The second kappa shape index (κ2) is 6.40. The van der Waals surface area contributed by atoms with E-state index in [0.717, 1.165) is 5.82 Å². The first-order valence-corrected chi connectivity index (χ1v) is 8.84. The molecule has 1 atom stereocenters. The molecule has 1 aromatic rings. The second-order valence-electron chi connectivity index (χ2n) is 4.52. The van der Waals surface area contributed by atoms with E-state index in [1.54, 1.807) is 6.08 Å². The zero-order valence-electron chi connectivity index (χ0n) is 11.0. The molecule has 0 spiro atoms. The lowest BCUT2D eigenvalue weighted by Crippen LogP contribution is -2.28. The van der Waals surface area contributed by atoms with Crippen LogP contribution in [0.3, 0.4) is 0 Å². The lowest BCUT2D eigenvalue weighted by Gasteiger charge is -2.07. The smallest absolute Gasteiger partial charge is 0.220 e. The van der Waals surface area contributed by atoms with E-state index >= 15 is 0 Å². The molecule has 9 heteroatoms. The first-order valence-electron chi connectivity index (χ1n) is 6.14. The van der Waals surface area contributed by atoms with E-state index in [-0.39, 0.29) is 24.0 Å². The Labute approximate surface area is 121 Å². The van der Waals surface area contributed by atoms with E-state index in [0.29, 0.717) is 17.5 Å². The van der Waals surface area contributed by atoms with Crippen molar-refractivity contribution >= 4 is 27.5 Å². The summed E-state index contributed by atoms with van der Waals surface area (Å²) in [5.41, 5.74) is 0. The molecule has 0 aliphatic carbocycles. The Hall–Kier alpha value is -1.35. The van der Waals surface area contributed by atoms with Gasteiger partial charge in [0.05, 0.1) is 5.75 Å². The first kappa shape index (κ1) is 15.0. The Bertz CT molecular complexity index is 609. The van der Waals surface area contributed by atoms with Crippen molar-refractivity contribution in [3.8, 4) is 0 Å². The van der Waals surface area contributed by atoms with Crippen LogP contribution in [0.1, 0.15) is 12.2 Å². The van der Waals surface area contributed by atoms with Crippen LogP contribution >= 0.6 is 11.8 Å². The van der Waals surface area contributed by atoms with Crippen molar-refractivity contribution in [3.05, 3.63) is 17.3 Å². The quantitative estimate of drug-likeness (QED) is 0.576. The van der Waals surface area contributed by atoms with E-state index in [2.05, 4.69) is 20.5 Å². The van der Waals surface area contributed by atoms with Crippen molar-refractivity contribution < 1.29 is 13.2 Å². The highest BCUT2D eigenvalue weighted by atomic mass is 32.2. The lowest BCUT2D eigenvalue weighted by molar-refractivity contribution is -0.121. The molecule has 1 aliphatic rings. The van der Waals surface area contributed by atoms with Gasteiger partial charge in [-0.25, -0.2) is 13.4 Å². The number of rotatable bonds is 6. The zero-order chi connectivity index (χ0) is 14.6. The van der Waals surface area contributed by atoms with Crippen LogP contribution in [0.4, 0.5) is 0 Å². The highest BCUT2D eigenvalue weighted by Gasteiger charge is 2.23. The van der Waals surface area contributed by atoms with Gasteiger partial charge in [-0.05, 0) is 6.92 Å². The van der Waals surface area contributed by atoms with Crippen molar-refractivity contribution in [3.63, 3.8) is 0 Å². The molecule has 0 unspecified atom stereocenters. The number of nitrogens with zero attached hydrogens (tertiary/aromatic N) is 2. The molecule has 1 aromatic heterocycles. The minimum absolute atomic E-state index is 0.0334. The molecule has 1 aliphatic heterocycles. The Morgan fingerprint density at radius 1 is 1.60 bits per heavy atom. The van der Waals surface area contributed by atoms with Gasteiger partial charge < -0.3 is 5.32 Å². The number of H-pyrrole nitrogens is 1. The fraction of sp³-hybridized carbons (Fsp3) is 0.545. The fourth-order valence-electron chi connectivity index (χ4n) is 1.80. The van der Waals surface area contributed by atoms with Crippen LogP contribution < -0.4 is 5.32 Å². The summed E-state index contributed by atoms with van der Waals surface area (Å²) in [7, 11) is -3.08. The summed E-state index contributed by atoms with van der Waals surface area (Å²) in [6, 6.07) is 0. The van der Waals surface area contributed by atoms with E-state index in [1.807, 2.05) is 6.92 Å². The third kappa shape index (κ3) is 4.64. The Morgan fingerprint density at radius 2 is 2.40 bits per heavy atom. The summed E-state index contributed by atoms with van der Waals surface area (Å²) in [4.78, 5) is 15.8. The molecule has 2 heterocycles. The molecule has 0 bridgehead atoms. The number of amides is 1. The third-order valence-corrected chi connectivity index (χ3v) is 5.00. The van der Waals surface area contributed by atoms with E-state index in [9.17, 15) is 13.2 Å². The molecule has 20 heavy (non-hydrogen) atoms.